The predicted molar refractivity (Wildman–Crippen MR) is 80.7 cm³/mol. The molecular weight excluding hydrogens is 305 g/mol. The van der Waals surface area contributed by atoms with E-state index in [1.54, 1.807) is 24.3 Å². The number of rotatable bonds is 2. The third-order valence-corrected chi connectivity index (χ3v) is 3.49. The van der Waals surface area contributed by atoms with Crippen LogP contribution in [-0.2, 0) is 6.18 Å². The smallest absolute Gasteiger partial charge is 0.366 e. The monoisotopic (exact) mass is 316 g/mol. The summed E-state index contributed by atoms with van der Waals surface area (Å²) in [5.74, 6) is -0.802. The predicted octanol–water partition coefficient (Wildman–Crippen LogP) is 4.02. The number of nitrogens with two attached hydrogens (primary N) is 1. The van der Waals surface area contributed by atoms with Crippen molar-refractivity contribution in [3.8, 4) is 11.3 Å². The number of aromatic nitrogens is 1. The number of amides is 1. The van der Waals surface area contributed by atoms with E-state index in [4.69, 9.17) is 5.73 Å². The zero-order valence-electron chi connectivity index (χ0n) is 11.8. The summed E-state index contributed by atoms with van der Waals surface area (Å²) in [5, 5.41) is 0.851. The molecule has 2 aromatic carbocycles. The number of carbonyl (C=O) groups is 1. The Morgan fingerprint density at radius 1 is 1.00 bits per heavy atom. The second-order valence-electron chi connectivity index (χ2n) is 5.01. The summed E-state index contributed by atoms with van der Waals surface area (Å²) in [7, 11) is 0. The number of halogens is 3. The number of carbonyl (C=O) groups excluding carboxylic acids is 1. The van der Waals surface area contributed by atoms with Gasteiger partial charge in [0.15, 0.2) is 0 Å². The van der Waals surface area contributed by atoms with Crippen molar-refractivity contribution in [2.24, 2.45) is 5.73 Å². The molecule has 1 heterocycles. The van der Waals surface area contributed by atoms with Gasteiger partial charge in [0.05, 0.1) is 16.8 Å². The first-order valence-electron chi connectivity index (χ1n) is 6.73. The SMILES string of the molecule is NC(=O)c1ccc(C(F)(F)F)cc1-c1ccc2ccccc2n1. The van der Waals surface area contributed by atoms with E-state index >= 15 is 0 Å². The summed E-state index contributed by atoms with van der Waals surface area (Å²) in [6, 6.07) is 13.3. The normalized spacial score (nSPS) is 11.6. The van der Waals surface area contributed by atoms with Crippen LogP contribution in [0.4, 0.5) is 13.2 Å². The molecule has 0 saturated carbocycles. The van der Waals surface area contributed by atoms with Gasteiger partial charge in [-0.2, -0.15) is 13.2 Å². The molecule has 3 aromatic rings. The maximum Gasteiger partial charge on any atom is 0.416 e. The van der Waals surface area contributed by atoms with E-state index in [0.29, 0.717) is 5.52 Å². The van der Waals surface area contributed by atoms with Crippen LogP contribution in [0, 0.1) is 0 Å². The van der Waals surface area contributed by atoms with E-state index in [1.165, 1.54) is 0 Å². The number of primary amides is 1. The Labute approximate surface area is 129 Å². The van der Waals surface area contributed by atoms with Gasteiger partial charge in [0.2, 0.25) is 5.91 Å². The summed E-state index contributed by atoms with van der Waals surface area (Å²) in [4.78, 5) is 15.9. The van der Waals surface area contributed by atoms with Crippen molar-refractivity contribution in [3.63, 3.8) is 0 Å². The Morgan fingerprint density at radius 2 is 1.74 bits per heavy atom. The van der Waals surface area contributed by atoms with Crippen LogP contribution < -0.4 is 5.73 Å². The number of pyridine rings is 1. The first-order valence-corrected chi connectivity index (χ1v) is 6.73. The van der Waals surface area contributed by atoms with Crippen molar-refractivity contribution in [1.82, 2.24) is 4.98 Å². The molecule has 0 fully saturated rings. The van der Waals surface area contributed by atoms with Crippen LogP contribution in [0.3, 0.4) is 0 Å². The van der Waals surface area contributed by atoms with E-state index in [2.05, 4.69) is 4.98 Å². The molecule has 0 aliphatic heterocycles. The van der Waals surface area contributed by atoms with Gasteiger partial charge in [-0.05, 0) is 30.3 Å². The minimum absolute atomic E-state index is 0.000723. The van der Waals surface area contributed by atoms with Crippen molar-refractivity contribution in [3.05, 3.63) is 65.7 Å². The Morgan fingerprint density at radius 3 is 2.43 bits per heavy atom. The van der Waals surface area contributed by atoms with Crippen molar-refractivity contribution in [1.29, 1.82) is 0 Å². The summed E-state index contributed by atoms with van der Waals surface area (Å²) < 4.78 is 38.8. The molecule has 23 heavy (non-hydrogen) atoms. The maximum absolute atomic E-state index is 12.9. The number of benzene rings is 2. The van der Waals surface area contributed by atoms with E-state index in [1.807, 2.05) is 12.1 Å². The number of para-hydroxylation sites is 1. The molecule has 6 heteroatoms. The van der Waals surface area contributed by atoms with Gasteiger partial charge in [-0.15, -0.1) is 0 Å². The highest BCUT2D eigenvalue weighted by Crippen LogP contribution is 2.34. The molecule has 0 aliphatic carbocycles. The highest BCUT2D eigenvalue weighted by atomic mass is 19.4. The molecule has 0 radical (unpaired) electrons. The number of fused-ring (bicyclic) bond motifs is 1. The molecule has 0 aliphatic rings. The Hall–Kier alpha value is -2.89. The second kappa shape index (κ2) is 5.39. The largest absolute Gasteiger partial charge is 0.416 e. The third-order valence-electron chi connectivity index (χ3n) is 3.49. The Kier molecular flexibility index (Phi) is 3.52. The van der Waals surface area contributed by atoms with Crippen molar-refractivity contribution in [2.45, 2.75) is 6.18 Å². The first kappa shape index (κ1) is 15.0. The van der Waals surface area contributed by atoms with Gasteiger partial charge in [-0.3, -0.25) is 4.79 Å². The molecule has 0 spiro atoms. The summed E-state index contributed by atoms with van der Waals surface area (Å²) in [6.07, 6.45) is -4.51. The zero-order valence-corrected chi connectivity index (χ0v) is 11.8. The van der Waals surface area contributed by atoms with E-state index in [9.17, 15) is 18.0 Å². The average Bonchev–Trinajstić information content (AvgIpc) is 2.53. The number of hydrogen-bond acceptors (Lipinski definition) is 2. The molecule has 2 N–H and O–H groups in total. The zero-order chi connectivity index (χ0) is 16.6. The van der Waals surface area contributed by atoms with Gasteiger partial charge in [0, 0.05) is 16.5 Å². The number of hydrogen-bond donors (Lipinski definition) is 1. The van der Waals surface area contributed by atoms with Gasteiger partial charge >= 0.3 is 6.18 Å². The third kappa shape index (κ3) is 2.88. The van der Waals surface area contributed by atoms with Crippen LogP contribution in [0.1, 0.15) is 15.9 Å². The second-order valence-corrected chi connectivity index (χ2v) is 5.01. The average molecular weight is 316 g/mol. The fraction of sp³-hybridized carbons (Fsp3) is 0.0588. The molecule has 1 aromatic heterocycles. The molecule has 0 unspecified atom stereocenters. The molecule has 0 bridgehead atoms. The maximum atomic E-state index is 12.9. The van der Waals surface area contributed by atoms with E-state index in [0.717, 1.165) is 23.6 Å². The molecule has 116 valence electrons. The van der Waals surface area contributed by atoms with Crippen LogP contribution in [0.15, 0.2) is 54.6 Å². The summed E-state index contributed by atoms with van der Waals surface area (Å²) in [6.45, 7) is 0. The summed E-state index contributed by atoms with van der Waals surface area (Å²) in [5.41, 5.74) is 5.38. The summed E-state index contributed by atoms with van der Waals surface area (Å²) >= 11 is 0. The lowest BCUT2D eigenvalue weighted by atomic mass is 9.99. The van der Waals surface area contributed by atoms with Gasteiger partial charge in [0.1, 0.15) is 0 Å². The van der Waals surface area contributed by atoms with Crippen LogP contribution >= 0.6 is 0 Å². The van der Waals surface area contributed by atoms with Crippen LogP contribution in [0.25, 0.3) is 22.2 Å². The molecule has 3 nitrogen and oxygen atoms in total. The first-order chi connectivity index (χ1) is 10.9. The highest BCUT2D eigenvalue weighted by molar-refractivity contribution is 6.00. The van der Waals surface area contributed by atoms with Gasteiger partial charge in [0.25, 0.3) is 0 Å². The minimum atomic E-state index is -4.51. The molecule has 0 atom stereocenters. The van der Waals surface area contributed by atoms with E-state index in [-0.39, 0.29) is 16.8 Å². The van der Waals surface area contributed by atoms with Crippen molar-refractivity contribution < 1.29 is 18.0 Å². The molecule has 3 rings (SSSR count). The standard InChI is InChI=1S/C17H11F3N2O/c18-17(19,20)11-6-7-12(16(21)23)13(9-11)15-8-5-10-3-1-2-4-14(10)22-15/h1-9H,(H2,21,23). The van der Waals surface area contributed by atoms with Crippen LogP contribution in [0.2, 0.25) is 0 Å². The Balaban J connectivity index is 2.24. The number of alkyl halides is 3. The quantitative estimate of drug-likeness (QED) is 0.776. The lowest BCUT2D eigenvalue weighted by Gasteiger charge is -2.12. The molecular formula is C17H11F3N2O. The topological polar surface area (TPSA) is 56.0 Å². The lowest BCUT2D eigenvalue weighted by molar-refractivity contribution is -0.137. The van der Waals surface area contributed by atoms with Crippen LogP contribution in [-0.4, -0.2) is 10.9 Å². The van der Waals surface area contributed by atoms with Gasteiger partial charge in [-0.1, -0.05) is 24.3 Å². The van der Waals surface area contributed by atoms with Crippen molar-refractivity contribution >= 4 is 16.8 Å². The lowest BCUT2D eigenvalue weighted by Crippen LogP contribution is -2.14. The van der Waals surface area contributed by atoms with Crippen LogP contribution in [0.5, 0.6) is 0 Å². The molecule has 1 amide bonds. The Bertz CT molecular complexity index is 904. The molecule has 0 saturated heterocycles. The van der Waals surface area contributed by atoms with E-state index < -0.39 is 17.6 Å². The van der Waals surface area contributed by atoms with Gasteiger partial charge in [-0.25, -0.2) is 4.98 Å². The fourth-order valence-electron chi connectivity index (χ4n) is 2.36. The van der Waals surface area contributed by atoms with Crippen molar-refractivity contribution in [2.75, 3.05) is 0 Å². The minimum Gasteiger partial charge on any atom is -0.366 e. The van der Waals surface area contributed by atoms with Gasteiger partial charge < -0.3 is 5.73 Å². The fourth-order valence-corrected chi connectivity index (χ4v) is 2.36. The number of nitrogens with zero attached hydrogens (tertiary/aromatic N) is 1. The highest BCUT2D eigenvalue weighted by Gasteiger charge is 2.31.